The van der Waals surface area contributed by atoms with Gasteiger partial charge in [0.15, 0.2) is 0 Å². The fraction of sp³-hybridized carbons (Fsp3) is 0.846. The number of aldehydes is 1. The molecular weight excluding hydrogens is 202 g/mol. The van der Waals surface area contributed by atoms with Gasteiger partial charge in [-0.1, -0.05) is 32.6 Å². The maximum absolute atomic E-state index is 11.7. The third-order valence-corrected chi connectivity index (χ3v) is 3.27. The van der Waals surface area contributed by atoms with Crippen LogP contribution in [0.5, 0.6) is 0 Å². The zero-order valence-electron chi connectivity index (χ0n) is 10.3. The third-order valence-electron chi connectivity index (χ3n) is 3.27. The largest absolute Gasteiger partial charge is 0.333 e. The lowest BCUT2D eigenvalue weighted by atomic mass is 10.0. The topological polar surface area (TPSA) is 37.4 Å². The number of hydrogen-bond acceptors (Lipinski definition) is 2. The number of carbonyl (C=O) groups excluding carboxylic acids is 2. The Hall–Kier alpha value is -0.860. The van der Waals surface area contributed by atoms with Crippen molar-refractivity contribution in [3.05, 3.63) is 0 Å². The fourth-order valence-corrected chi connectivity index (χ4v) is 2.26. The van der Waals surface area contributed by atoms with E-state index in [2.05, 4.69) is 6.92 Å². The molecular formula is C13H23NO2. The van der Waals surface area contributed by atoms with Crippen LogP contribution < -0.4 is 0 Å². The van der Waals surface area contributed by atoms with E-state index in [1.807, 2.05) is 0 Å². The van der Waals surface area contributed by atoms with Gasteiger partial charge in [-0.15, -0.1) is 0 Å². The minimum absolute atomic E-state index is 0.146. The Balaban J connectivity index is 2.26. The van der Waals surface area contributed by atoms with Gasteiger partial charge >= 0.3 is 0 Å². The predicted molar refractivity (Wildman–Crippen MR) is 64.2 cm³/mol. The van der Waals surface area contributed by atoms with Gasteiger partial charge in [0.2, 0.25) is 5.91 Å². The molecule has 1 atom stereocenters. The van der Waals surface area contributed by atoms with Gasteiger partial charge in [-0.25, -0.2) is 0 Å². The molecule has 1 rings (SSSR count). The molecule has 0 aliphatic carbocycles. The van der Waals surface area contributed by atoms with Crippen LogP contribution >= 0.6 is 0 Å². The van der Waals surface area contributed by atoms with Crippen LogP contribution in [-0.2, 0) is 9.59 Å². The first kappa shape index (κ1) is 13.2. The van der Waals surface area contributed by atoms with Crippen LogP contribution in [0.4, 0.5) is 0 Å². The Morgan fingerprint density at radius 2 is 2.06 bits per heavy atom. The van der Waals surface area contributed by atoms with E-state index in [1.165, 1.54) is 25.7 Å². The summed E-state index contributed by atoms with van der Waals surface area (Å²) in [5.41, 5.74) is 0. The molecule has 1 unspecified atom stereocenters. The second-order valence-corrected chi connectivity index (χ2v) is 4.60. The van der Waals surface area contributed by atoms with Crippen LogP contribution in [0.15, 0.2) is 0 Å². The molecule has 3 nitrogen and oxygen atoms in total. The molecule has 1 aliphatic heterocycles. The maximum atomic E-state index is 11.7. The highest BCUT2D eigenvalue weighted by Crippen LogP contribution is 2.17. The standard InChI is InChI=1S/C13H23NO2/c1-2-3-4-5-6-10-14-12(11-15)8-7-9-13(14)16/h11-12H,2-10H2,1H3. The fourth-order valence-electron chi connectivity index (χ4n) is 2.26. The molecule has 0 aromatic heterocycles. The maximum Gasteiger partial charge on any atom is 0.223 e. The van der Waals surface area contributed by atoms with Crippen LogP contribution in [0, 0.1) is 0 Å². The van der Waals surface area contributed by atoms with Crippen molar-refractivity contribution < 1.29 is 9.59 Å². The Kier molecular flexibility index (Phi) is 6.12. The Labute approximate surface area is 98.2 Å². The molecule has 0 aromatic carbocycles. The first-order valence-corrected chi connectivity index (χ1v) is 6.54. The van der Waals surface area contributed by atoms with E-state index in [9.17, 15) is 9.59 Å². The van der Waals surface area contributed by atoms with Crippen LogP contribution in [-0.4, -0.2) is 29.7 Å². The van der Waals surface area contributed by atoms with Crippen molar-refractivity contribution in [3.63, 3.8) is 0 Å². The van der Waals surface area contributed by atoms with Crippen molar-refractivity contribution in [1.82, 2.24) is 4.90 Å². The number of piperidine rings is 1. The normalized spacial score (nSPS) is 21.2. The lowest BCUT2D eigenvalue weighted by Gasteiger charge is -2.32. The number of likely N-dealkylation sites (tertiary alicyclic amines) is 1. The molecule has 0 radical (unpaired) electrons. The van der Waals surface area contributed by atoms with Crippen molar-refractivity contribution in [2.24, 2.45) is 0 Å². The highest BCUT2D eigenvalue weighted by atomic mass is 16.2. The summed E-state index contributed by atoms with van der Waals surface area (Å²) in [7, 11) is 0. The predicted octanol–water partition coefficient (Wildman–Crippen LogP) is 2.54. The molecule has 0 N–H and O–H groups in total. The van der Waals surface area contributed by atoms with Crippen LogP contribution in [0.2, 0.25) is 0 Å². The summed E-state index contributed by atoms with van der Waals surface area (Å²) in [4.78, 5) is 24.3. The molecule has 1 heterocycles. The van der Waals surface area contributed by atoms with Gasteiger partial charge in [0, 0.05) is 13.0 Å². The van der Waals surface area contributed by atoms with E-state index in [4.69, 9.17) is 0 Å². The van der Waals surface area contributed by atoms with E-state index in [-0.39, 0.29) is 11.9 Å². The molecule has 1 fully saturated rings. The quantitative estimate of drug-likeness (QED) is 0.493. The molecule has 1 amide bonds. The molecule has 0 bridgehead atoms. The third kappa shape index (κ3) is 3.95. The van der Waals surface area contributed by atoms with E-state index in [0.717, 1.165) is 32.1 Å². The molecule has 0 aromatic rings. The number of hydrogen-bond donors (Lipinski definition) is 0. The SMILES string of the molecule is CCCCCCCN1C(=O)CCCC1C=O. The Morgan fingerprint density at radius 1 is 1.31 bits per heavy atom. The molecule has 1 aliphatic rings. The molecule has 92 valence electrons. The number of amides is 1. The Morgan fingerprint density at radius 3 is 2.75 bits per heavy atom. The minimum Gasteiger partial charge on any atom is -0.333 e. The highest BCUT2D eigenvalue weighted by molar-refractivity contribution is 5.81. The van der Waals surface area contributed by atoms with Gasteiger partial charge < -0.3 is 9.69 Å². The summed E-state index contributed by atoms with van der Waals surface area (Å²) < 4.78 is 0. The summed E-state index contributed by atoms with van der Waals surface area (Å²) in [6.45, 7) is 2.96. The van der Waals surface area contributed by atoms with Gasteiger partial charge in [0.05, 0.1) is 6.04 Å². The molecule has 3 heteroatoms. The monoisotopic (exact) mass is 225 g/mol. The van der Waals surface area contributed by atoms with Crippen molar-refractivity contribution in [1.29, 1.82) is 0 Å². The van der Waals surface area contributed by atoms with E-state index in [0.29, 0.717) is 6.42 Å². The number of rotatable bonds is 7. The van der Waals surface area contributed by atoms with E-state index >= 15 is 0 Å². The highest BCUT2D eigenvalue weighted by Gasteiger charge is 2.26. The Bertz CT molecular complexity index is 228. The molecule has 0 saturated carbocycles. The summed E-state index contributed by atoms with van der Waals surface area (Å²) >= 11 is 0. The molecule has 1 saturated heterocycles. The van der Waals surface area contributed by atoms with Crippen molar-refractivity contribution >= 4 is 12.2 Å². The van der Waals surface area contributed by atoms with Gasteiger partial charge in [-0.05, 0) is 19.3 Å². The average molecular weight is 225 g/mol. The van der Waals surface area contributed by atoms with Crippen LogP contribution in [0.3, 0.4) is 0 Å². The first-order chi connectivity index (χ1) is 7.79. The zero-order valence-corrected chi connectivity index (χ0v) is 10.3. The summed E-state index contributed by atoms with van der Waals surface area (Å²) in [6.07, 6.45) is 9.23. The minimum atomic E-state index is -0.146. The lowest BCUT2D eigenvalue weighted by Crippen LogP contribution is -2.44. The first-order valence-electron chi connectivity index (χ1n) is 6.54. The van der Waals surface area contributed by atoms with Crippen LogP contribution in [0.25, 0.3) is 0 Å². The lowest BCUT2D eigenvalue weighted by molar-refractivity contribution is -0.139. The van der Waals surface area contributed by atoms with Crippen molar-refractivity contribution in [3.8, 4) is 0 Å². The summed E-state index contributed by atoms with van der Waals surface area (Å²) in [5.74, 6) is 0.166. The smallest absolute Gasteiger partial charge is 0.223 e. The van der Waals surface area contributed by atoms with Gasteiger partial charge in [0.1, 0.15) is 6.29 Å². The average Bonchev–Trinajstić information content (AvgIpc) is 2.30. The molecule has 16 heavy (non-hydrogen) atoms. The van der Waals surface area contributed by atoms with Crippen molar-refractivity contribution in [2.45, 2.75) is 64.3 Å². The van der Waals surface area contributed by atoms with E-state index < -0.39 is 0 Å². The zero-order chi connectivity index (χ0) is 11.8. The number of unbranched alkanes of at least 4 members (excludes halogenated alkanes) is 4. The summed E-state index contributed by atoms with van der Waals surface area (Å²) in [6, 6.07) is -0.146. The number of carbonyl (C=O) groups is 2. The van der Waals surface area contributed by atoms with Gasteiger partial charge in [-0.3, -0.25) is 4.79 Å². The van der Waals surface area contributed by atoms with Gasteiger partial charge in [0.25, 0.3) is 0 Å². The van der Waals surface area contributed by atoms with E-state index in [1.54, 1.807) is 4.90 Å². The van der Waals surface area contributed by atoms with Crippen molar-refractivity contribution in [2.75, 3.05) is 6.54 Å². The number of nitrogens with zero attached hydrogens (tertiary/aromatic N) is 1. The van der Waals surface area contributed by atoms with Gasteiger partial charge in [-0.2, -0.15) is 0 Å². The summed E-state index contributed by atoms with van der Waals surface area (Å²) in [5, 5.41) is 0. The molecule has 0 spiro atoms. The second kappa shape index (κ2) is 7.42. The van der Waals surface area contributed by atoms with Crippen LogP contribution in [0.1, 0.15) is 58.3 Å². The second-order valence-electron chi connectivity index (χ2n) is 4.60.